The van der Waals surface area contributed by atoms with Gasteiger partial charge in [0.2, 0.25) is 11.8 Å². The summed E-state index contributed by atoms with van der Waals surface area (Å²) in [5.74, 6) is 0.189. The highest BCUT2D eigenvalue weighted by molar-refractivity contribution is 6.17. The highest BCUT2D eigenvalue weighted by atomic mass is 35.5. The third-order valence-corrected chi connectivity index (χ3v) is 3.74. The highest BCUT2D eigenvalue weighted by Gasteiger charge is 2.30. The Kier molecular flexibility index (Phi) is 5.56. The van der Waals surface area contributed by atoms with Gasteiger partial charge in [-0.3, -0.25) is 9.59 Å². The van der Waals surface area contributed by atoms with Crippen LogP contribution in [-0.4, -0.2) is 30.8 Å². The Morgan fingerprint density at radius 2 is 2.10 bits per heavy atom. The molecule has 1 aliphatic heterocycles. The van der Waals surface area contributed by atoms with Crippen molar-refractivity contribution in [3.05, 3.63) is 30.1 Å². The number of alkyl halides is 1. The van der Waals surface area contributed by atoms with Crippen molar-refractivity contribution >= 4 is 29.1 Å². The number of carbonyl (C=O) groups is 2. The van der Waals surface area contributed by atoms with E-state index in [0.29, 0.717) is 43.9 Å². The minimum absolute atomic E-state index is 0.00150. The quantitative estimate of drug-likeness (QED) is 0.820. The Morgan fingerprint density at radius 1 is 1.38 bits per heavy atom. The van der Waals surface area contributed by atoms with Crippen LogP contribution in [0.1, 0.15) is 19.3 Å². The highest BCUT2D eigenvalue weighted by Crippen LogP contribution is 2.24. The fraction of sp³-hybridized carbons (Fsp3) is 0.467. The molecule has 0 spiro atoms. The van der Waals surface area contributed by atoms with E-state index in [1.165, 1.54) is 12.1 Å². The van der Waals surface area contributed by atoms with Crippen LogP contribution in [0.4, 0.5) is 10.1 Å². The number of benzene rings is 1. The number of hydrogen-bond acceptors (Lipinski definition) is 2. The number of halogens is 2. The number of nitrogens with zero attached hydrogens (tertiary/aromatic N) is 1. The normalized spacial score (nSPS) is 18.1. The van der Waals surface area contributed by atoms with E-state index in [9.17, 15) is 14.0 Å². The lowest BCUT2D eigenvalue weighted by Gasteiger charge is -2.17. The molecule has 2 amide bonds. The summed E-state index contributed by atoms with van der Waals surface area (Å²) < 4.78 is 12.9. The number of hydrogen-bond donors (Lipinski definition) is 1. The van der Waals surface area contributed by atoms with E-state index in [1.54, 1.807) is 17.0 Å². The van der Waals surface area contributed by atoms with Crippen molar-refractivity contribution in [1.29, 1.82) is 0 Å². The van der Waals surface area contributed by atoms with E-state index < -0.39 is 0 Å². The van der Waals surface area contributed by atoms with E-state index >= 15 is 0 Å². The van der Waals surface area contributed by atoms with E-state index in [2.05, 4.69) is 5.32 Å². The summed E-state index contributed by atoms with van der Waals surface area (Å²) in [6, 6.07) is 5.86. The van der Waals surface area contributed by atoms with Crippen LogP contribution in [0.5, 0.6) is 0 Å². The molecule has 0 aromatic heterocycles. The van der Waals surface area contributed by atoms with Crippen molar-refractivity contribution in [3.8, 4) is 0 Å². The number of carbonyl (C=O) groups excluding carboxylic acids is 2. The molecular formula is C15H18ClFN2O2. The zero-order valence-electron chi connectivity index (χ0n) is 11.6. The van der Waals surface area contributed by atoms with Crippen molar-refractivity contribution in [2.45, 2.75) is 19.3 Å². The fourth-order valence-electron chi connectivity index (χ4n) is 2.36. The van der Waals surface area contributed by atoms with E-state index in [4.69, 9.17) is 11.6 Å². The van der Waals surface area contributed by atoms with Crippen LogP contribution in [-0.2, 0) is 9.59 Å². The first-order valence-electron chi connectivity index (χ1n) is 6.98. The first-order valence-corrected chi connectivity index (χ1v) is 7.52. The van der Waals surface area contributed by atoms with Crippen LogP contribution >= 0.6 is 11.6 Å². The van der Waals surface area contributed by atoms with Gasteiger partial charge in [-0.05, 0) is 30.7 Å². The molecule has 1 fully saturated rings. The van der Waals surface area contributed by atoms with Crippen LogP contribution in [0.2, 0.25) is 0 Å². The van der Waals surface area contributed by atoms with Gasteiger partial charge < -0.3 is 10.2 Å². The zero-order valence-corrected chi connectivity index (χ0v) is 12.4. The molecule has 1 aliphatic rings. The average molecular weight is 313 g/mol. The molecule has 1 saturated heterocycles. The monoisotopic (exact) mass is 312 g/mol. The van der Waals surface area contributed by atoms with Crippen LogP contribution in [0.3, 0.4) is 0 Å². The molecule has 0 aliphatic carbocycles. The van der Waals surface area contributed by atoms with E-state index in [-0.39, 0.29) is 23.5 Å². The SMILES string of the molecule is O=C(CCCCl)NCC1CC(=O)N(c2ccc(F)cc2)C1. The summed E-state index contributed by atoms with van der Waals surface area (Å²) in [7, 11) is 0. The molecule has 1 unspecified atom stereocenters. The van der Waals surface area contributed by atoms with Gasteiger partial charge in [0, 0.05) is 43.4 Å². The van der Waals surface area contributed by atoms with Gasteiger partial charge in [-0.1, -0.05) is 0 Å². The second-order valence-corrected chi connectivity index (χ2v) is 5.53. The summed E-state index contributed by atoms with van der Waals surface area (Å²) in [6.07, 6.45) is 1.46. The van der Waals surface area contributed by atoms with Crippen molar-refractivity contribution in [2.75, 3.05) is 23.9 Å². The van der Waals surface area contributed by atoms with E-state index in [1.807, 2.05) is 0 Å². The second-order valence-electron chi connectivity index (χ2n) is 5.15. The van der Waals surface area contributed by atoms with Crippen molar-refractivity contribution in [1.82, 2.24) is 5.32 Å². The minimum Gasteiger partial charge on any atom is -0.356 e. The van der Waals surface area contributed by atoms with Crippen molar-refractivity contribution in [3.63, 3.8) is 0 Å². The molecule has 4 nitrogen and oxygen atoms in total. The summed E-state index contributed by atoms with van der Waals surface area (Å²) in [5, 5.41) is 2.82. The van der Waals surface area contributed by atoms with Crippen LogP contribution in [0.15, 0.2) is 24.3 Å². The van der Waals surface area contributed by atoms with E-state index in [0.717, 1.165) is 0 Å². The average Bonchev–Trinajstić information content (AvgIpc) is 2.85. The standard InChI is InChI=1S/C15H18ClFN2O2/c16-7-1-2-14(20)18-9-11-8-15(21)19(10-11)13-5-3-12(17)4-6-13/h3-6,11H,1-2,7-10H2,(H,18,20). The summed E-state index contributed by atoms with van der Waals surface area (Å²) >= 11 is 5.53. The Balaban J connectivity index is 1.85. The van der Waals surface area contributed by atoms with Crippen molar-refractivity contribution in [2.24, 2.45) is 5.92 Å². The summed E-state index contributed by atoms with van der Waals surface area (Å²) in [5.41, 5.74) is 0.692. The maximum atomic E-state index is 12.9. The van der Waals surface area contributed by atoms with Gasteiger partial charge in [-0.25, -0.2) is 4.39 Å². The number of nitrogens with one attached hydrogen (secondary N) is 1. The molecule has 2 rings (SSSR count). The second kappa shape index (κ2) is 7.41. The maximum Gasteiger partial charge on any atom is 0.227 e. The molecule has 0 saturated carbocycles. The minimum atomic E-state index is -0.325. The molecule has 1 N–H and O–H groups in total. The molecule has 21 heavy (non-hydrogen) atoms. The predicted molar refractivity (Wildman–Crippen MR) is 79.8 cm³/mol. The molecule has 1 heterocycles. The first-order chi connectivity index (χ1) is 10.1. The van der Waals surface area contributed by atoms with Crippen molar-refractivity contribution < 1.29 is 14.0 Å². The first kappa shape index (κ1) is 15.8. The Morgan fingerprint density at radius 3 is 2.76 bits per heavy atom. The number of anilines is 1. The summed E-state index contributed by atoms with van der Waals surface area (Å²) in [6.45, 7) is 1.02. The van der Waals surface area contributed by atoms with Gasteiger partial charge in [0.05, 0.1) is 0 Å². The number of amides is 2. The maximum absolute atomic E-state index is 12.9. The molecule has 1 aromatic rings. The summed E-state index contributed by atoms with van der Waals surface area (Å²) in [4.78, 5) is 25.1. The molecule has 1 atom stereocenters. The Hall–Kier alpha value is -1.62. The third kappa shape index (κ3) is 4.43. The molecule has 114 valence electrons. The van der Waals surface area contributed by atoms with Gasteiger partial charge >= 0.3 is 0 Å². The third-order valence-electron chi connectivity index (χ3n) is 3.47. The molecular weight excluding hydrogens is 295 g/mol. The molecule has 1 aromatic carbocycles. The van der Waals surface area contributed by atoms with Crippen LogP contribution in [0, 0.1) is 11.7 Å². The molecule has 0 bridgehead atoms. The van der Waals surface area contributed by atoms with Gasteiger partial charge in [0.25, 0.3) is 0 Å². The van der Waals surface area contributed by atoms with Gasteiger partial charge in [-0.2, -0.15) is 0 Å². The lowest BCUT2D eigenvalue weighted by atomic mass is 10.1. The van der Waals surface area contributed by atoms with Gasteiger partial charge in [-0.15, -0.1) is 11.6 Å². The van der Waals surface area contributed by atoms with Crippen LogP contribution < -0.4 is 10.2 Å². The Labute approximate surface area is 128 Å². The number of rotatable bonds is 6. The molecule has 0 radical (unpaired) electrons. The predicted octanol–water partition coefficient (Wildman–Crippen LogP) is 2.31. The fourth-order valence-corrected chi connectivity index (χ4v) is 2.50. The zero-order chi connectivity index (χ0) is 15.2. The Bertz CT molecular complexity index is 507. The lowest BCUT2D eigenvalue weighted by molar-refractivity contribution is -0.121. The van der Waals surface area contributed by atoms with Crippen LogP contribution in [0.25, 0.3) is 0 Å². The van der Waals surface area contributed by atoms with Gasteiger partial charge in [0.15, 0.2) is 0 Å². The topological polar surface area (TPSA) is 49.4 Å². The van der Waals surface area contributed by atoms with Gasteiger partial charge in [0.1, 0.15) is 5.82 Å². The smallest absolute Gasteiger partial charge is 0.227 e. The largest absolute Gasteiger partial charge is 0.356 e. The lowest BCUT2D eigenvalue weighted by Crippen LogP contribution is -2.31. The molecule has 6 heteroatoms.